The molecule has 0 N–H and O–H groups in total. The van der Waals surface area contributed by atoms with Crippen LogP contribution in [-0.2, 0) is 0 Å². The van der Waals surface area contributed by atoms with Gasteiger partial charge in [0.05, 0.1) is 5.69 Å². The molecule has 6 rings (SSSR count). The topological polar surface area (TPSA) is 35.3 Å². The molecule has 0 aliphatic rings. The largest absolute Gasteiger partial charge is 0.452 e. The first-order valence-corrected chi connectivity index (χ1v) is 9.90. The summed E-state index contributed by atoms with van der Waals surface area (Å²) < 4.78 is 12.4. The van der Waals surface area contributed by atoms with Gasteiger partial charge in [0.25, 0.3) is 0 Å². The number of hydrogen-bond donors (Lipinski definition) is 0. The lowest BCUT2D eigenvalue weighted by Crippen LogP contribution is -1.93. The van der Waals surface area contributed by atoms with E-state index in [2.05, 4.69) is 36.4 Å². The van der Waals surface area contributed by atoms with Crippen LogP contribution in [0.4, 0.5) is 0 Å². The quantitative estimate of drug-likeness (QED) is 0.314. The van der Waals surface area contributed by atoms with E-state index in [4.69, 9.17) is 14.1 Å². The van der Waals surface area contributed by atoms with Crippen molar-refractivity contribution in [3.63, 3.8) is 0 Å². The summed E-state index contributed by atoms with van der Waals surface area (Å²) in [7, 11) is 0. The fourth-order valence-electron chi connectivity index (χ4n) is 3.96. The fourth-order valence-corrected chi connectivity index (χ4v) is 3.96. The second-order valence-corrected chi connectivity index (χ2v) is 7.23. The van der Waals surface area contributed by atoms with Crippen LogP contribution >= 0.6 is 0 Å². The standard InChI is InChI=1S/C27H17NO2/c1-2-9-18(10-3-1)26-20-12-5-4-11-19(20)17-25(28-26)29-24-16-8-14-22-21-13-6-7-15-23(21)30-27(22)24/h1-17H. The Bertz CT molecular complexity index is 1520. The average molecular weight is 387 g/mol. The minimum Gasteiger partial charge on any atom is -0.452 e. The van der Waals surface area contributed by atoms with Crippen LogP contribution in [-0.4, -0.2) is 4.98 Å². The summed E-state index contributed by atoms with van der Waals surface area (Å²) >= 11 is 0. The molecule has 0 radical (unpaired) electrons. The summed E-state index contributed by atoms with van der Waals surface area (Å²) in [5.41, 5.74) is 3.54. The highest BCUT2D eigenvalue weighted by Crippen LogP contribution is 2.37. The van der Waals surface area contributed by atoms with Gasteiger partial charge in [0, 0.05) is 27.8 Å². The van der Waals surface area contributed by atoms with Crippen LogP contribution in [0.1, 0.15) is 0 Å². The van der Waals surface area contributed by atoms with E-state index in [1.54, 1.807) is 0 Å². The smallest absolute Gasteiger partial charge is 0.220 e. The third-order valence-corrected chi connectivity index (χ3v) is 5.35. The van der Waals surface area contributed by atoms with Gasteiger partial charge in [-0.15, -0.1) is 0 Å². The van der Waals surface area contributed by atoms with Crippen LogP contribution in [0, 0.1) is 0 Å². The maximum absolute atomic E-state index is 6.29. The zero-order chi connectivity index (χ0) is 19.9. The molecule has 0 saturated carbocycles. The number of ether oxygens (including phenoxy) is 1. The van der Waals surface area contributed by atoms with Crippen molar-refractivity contribution in [1.82, 2.24) is 4.98 Å². The van der Waals surface area contributed by atoms with Gasteiger partial charge in [0.1, 0.15) is 5.58 Å². The van der Waals surface area contributed by atoms with Gasteiger partial charge in [0.15, 0.2) is 11.3 Å². The van der Waals surface area contributed by atoms with E-state index in [0.29, 0.717) is 11.6 Å². The highest BCUT2D eigenvalue weighted by atomic mass is 16.5. The lowest BCUT2D eigenvalue weighted by molar-refractivity contribution is 0.459. The molecule has 0 amide bonds. The van der Waals surface area contributed by atoms with Crippen LogP contribution in [0.5, 0.6) is 11.6 Å². The number of pyridine rings is 1. The molecule has 6 aromatic rings. The fraction of sp³-hybridized carbons (Fsp3) is 0. The molecule has 142 valence electrons. The van der Waals surface area contributed by atoms with Crippen LogP contribution in [0.2, 0.25) is 0 Å². The van der Waals surface area contributed by atoms with Crippen LogP contribution in [0.15, 0.2) is 108 Å². The van der Waals surface area contributed by atoms with Crippen molar-refractivity contribution in [2.24, 2.45) is 0 Å². The van der Waals surface area contributed by atoms with E-state index < -0.39 is 0 Å². The number of aromatic nitrogens is 1. The first-order valence-electron chi connectivity index (χ1n) is 9.90. The highest BCUT2D eigenvalue weighted by Gasteiger charge is 2.14. The lowest BCUT2D eigenvalue weighted by Gasteiger charge is -2.11. The van der Waals surface area contributed by atoms with E-state index in [9.17, 15) is 0 Å². The number of furan rings is 1. The molecular weight excluding hydrogens is 370 g/mol. The third kappa shape index (κ3) is 2.72. The van der Waals surface area contributed by atoms with Gasteiger partial charge < -0.3 is 9.15 Å². The molecular formula is C27H17NO2. The van der Waals surface area contributed by atoms with Gasteiger partial charge in [-0.2, -0.15) is 0 Å². The van der Waals surface area contributed by atoms with Gasteiger partial charge >= 0.3 is 0 Å². The third-order valence-electron chi connectivity index (χ3n) is 5.35. The summed E-state index contributed by atoms with van der Waals surface area (Å²) in [6.45, 7) is 0. The molecule has 4 aromatic carbocycles. The maximum Gasteiger partial charge on any atom is 0.220 e. The van der Waals surface area contributed by atoms with E-state index in [1.165, 1.54) is 0 Å². The summed E-state index contributed by atoms with van der Waals surface area (Å²) in [4.78, 5) is 4.86. The highest BCUT2D eigenvalue weighted by molar-refractivity contribution is 6.06. The molecule has 30 heavy (non-hydrogen) atoms. The number of para-hydroxylation sites is 2. The zero-order valence-electron chi connectivity index (χ0n) is 16.1. The van der Waals surface area contributed by atoms with Crippen molar-refractivity contribution < 1.29 is 9.15 Å². The molecule has 2 heterocycles. The Morgan fingerprint density at radius 3 is 2.27 bits per heavy atom. The molecule has 0 bridgehead atoms. The Labute approximate surface area is 173 Å². The second kappa shape index (κ2) is 6.75. The molecule has 0 atom stereocenters. The predicted molar refractivity (Wildman–Crippen MR) is 121 cm³/mol. The van der Waals surface area contributed by atoms with E-state index in [-0.39, 0.29) is 0 Å². The lowest BCUT2D eigenvalue weighted by atomic mass is 10.0. The Kier molecular flexibility index (Phi) is 3.78. The number of nitrogens with zero attached hydrogens (tertiary/aromatic N) is 1. The molecule has 0 unspecified atom stereocenters. The van der Waals surface area contributed by atoms with Crippen LogP contribution < -0.4 is 4.74 Å². The summed E-state index contributed by atoms with van der Waals surface area (Å²) in [5.74, 6) is 1.20. The average Bonchev–Trinajstić information content (AvgIpc) is 3.19. The number of fused-ring (bicyclic) bond motifs is 4. The zero-order valence-corrected chi connectivity index (χ0v) is 16.1. The molecule has 0 aliphatic carbocycles. The number of hydrogen-bond acceptors (Lipinski definition) is 3. The van der Waals surface area contributed by atoms with Gasteiger partial charge in [-0.05, 0) is 17.5 Å². The van der Waals surface area contributed by atoms with Gasteiger partial charge in [-0.25, -0.2) is 4.98 Å². The van der Waals surface area contributed by atoms with Crippen molar-refractivity contribution in [2.45, 2.75) is 0 Å². The molecule has 3 heteroatoms. The monoisotopic (exact) mass is 387 g/mol. The minimum atomic E-state index is 0.542. The summed E-state index contributed by atoms with van der Waals surface area (Å²) in [6.07, 6.45) is 0. The number of benzene rings is 4. The molecule has 0 saturated heterocycles. The van der Waals surface area contributed by atoms with Crippen LogP contribution in [0.3, 0.4) is 0 Å². The Morgan fingerprint density at radius 1 is 0.633 bits per heavy atom. The molecule has 2 aromatic heterocycles. The van der Waals surface area contributed by atoms with E-state index in [1.807, 2.05) is 66.7 Å². The summed E-state index contributed by atoms with van der Waals surface area (Å²) in [5, 5.41) is 4.29. The van der Waals surface area contributed by atoms with Crippen molar-refractivity contribution in [2.75, 3.05) is 0 Å². The minimum absolute atomic E-state index is 0.542. The summed E-state index contributed by atoms with van der Waals surface area (Å²) in [6, 6.07) is 34.4. The molecule has 3 nitrogen and oxygen atoms in total. The van der Waals surface area contributed by atoms with Crippen molar-refractivity contribution >= 4 is 32.7 Å². The predicted octanol–water partition coefficient (Wildman–Crippen LogP) is 7.59. The number of rotatable bonds is 3. The maximum atomic E-state index is 6.29. The molecule has 0 spiro atoms. The first-order chi connectivity index (χ1) is 14.9. The van der Waals surface area contributed by atoms with Crippen molar-refractivity contribution in [3.8, 4) is 22.9 Å². The molecule has 0 aliphatic heterocycles. The van der Waals surface area contributed by atoms with Crippen molar-refractivity contribution in [3.05, 3.63) is 103 Å². The molecule has 0 fully saturated rings. The van der Waals surface area contributed by atoms with E-state index >= 15 is 0 Å². The Balaban J connectivity index is 1.53. The van der Waals surface area contributed by atoms with E-state index in [0.717, 1.165) is 44.0 Å². The Hall–Kier alpha value is -4.11. The van der Waals surface area contributed by atoms with Gasteiger partial charge in [0.2, 0.25) is 5.88 Å². The SMILES string of the molecule is c1ccc(-c2nc(Oc3cccc4c3oc3ccccc34)cc3ccccc23)cc1. The van der Waals surface area contributed by atoms with Crippen molar-refractivity contribution in [1.29, 1.82) is 0 Å². The Morgan fingerprint density at radius 2 is 1.37 bits per heavy atom. The second-order valence-electron chi connectivity index (χ2n) is 7.23. The van der Waals surface area contributed by atoms with Crippen LogP contribution in [0.25, 0.3) is 44.0 Å². The van der Waals surface area contributed by atoms with Gasteiger partial charge in [-0.3, -0.25) is 0 Å². The normalized spacial score (nSPS) is 11.3. The first kappa shape index (κ1) is 16.8. The van der Waals surface area contributed by atoms with Gasteiger partial charge in [-0.1, -0.05) is 84.9 Å².